The van der Waals surface area contributed by atoms with Gasteiger partial charge in [-0.25, -0.2) is 4.39 Å². The van der Waals surface area contributed by atoms with Crippen LogP contribution >= 0.6 is 0 Å². The second-order valence-corrected chi connectivity index (χ2v) is 9.61. The lowest BCUT2D eigenvalue weighted by Gasteiger charge is -2.29. The van der Waals surface area contributed by atoms with Crippen LogP contribution in [0.5, 0.6) is 5.75 Å². The molecule has 0 atom stereocenters. The second kappa shape index (κ2) is 11.3. The Kier molecular flexibility index (Phi) is 8.20. The highest BCUT2D eigenvalue weighted by molar-refractivity contribution is 5.80. The molecule has 0 aromatic heterocycles. The molecule has 186 valence electrons. The van der Waals surface area contributed by atoms with E-state index in [2.05, 4.69) is 13.8 Å². The zero-order chi connectivity index (χ0) is 24.8. The van der Waals surface area contributed by atoms with Gasteiger partial charge in [0, 0.05) is 5.56 Å². The lowest BCUT2D eigenvalue weighted by atomic mass is 9.90. The zero-order valence-electron chi connectivity index (χ0n) is 20.8. The van der Waals surface area contributed by atoms with E-state index in [-0.39, 0.29) is 11.3 Å². The van der Waals surface area contributed by atoms with E-state index in [1.165, 1.54) is 37.3 Å². The molecule has 3 aromatic rings. The summed E-state index contributed by atoms with van der Waals surface area (Å²) in [5.74, 6) is -0.992. The van der Waals surface area contributed by atoms with Gasteiger partial charge in [-0.3, -0.25) is 0 Å². The van der Waals surface area contributed by atoms with Crippen LogP contribution < -0.4 is 4.74 Å². The fraction of sp³-hybridized carbons (Fsp3) is 0.419. The summed E-state index contributed by atoms with van der Waals surface area (Å²) in [4.78, 5) is 0. The van der Waals surface area contributed by atoms with Crippen LogP contribution in [0.2, 0.25) is 0 Å². The first kappa shape index (κ1) is 25.3. The van der Waals surface area contributed by atoms with Gasteiger partial charge in [0.15, 0.2) is 11.6 Å². The van der Waals surface area contributed by atoms with Crippen LogP contribution in [-0.2, 0) is 19.0 Å². The van der Waals surface area contributed by atoms with E-state index in [9.17, 15) is 0 Å². The average molecular weight is 481 g/mol. The van der Waals surface area contributed by atoms with Crippen molar-refractivity contribution in [3.05, 3.63) is 77.1 Å². The number of hydrogen-bond donors (Lipinski definition) is 0. The minimum atomic E-state index is -3.60. The number of alkyl halides is 2. The first-order chi connectivity index (χ1) is 16.9. The predicted octanol–water partition coefficient (Wildman–Crippen LogP) is 9.85. The molecule has 4 heteroatoms. The molecule has 0 bridgehead atoms. The molecule has 35 heavy (non-hydrogen) atoms. The summed E-state index contributed by atoms with van der Waals surface area (Å²) in [6.07, 6.45) is 6.84. The monoisotopic (exact) mass is 480 g/mol. The van der Waals surface area contributed by atoms with E-state index < -0.39 is 11.9 Å². The molecule has 4 rings (SSSR count). The Bertz CT molecular complexity index is 1130. The molecule has 0 spiro atoms. The minimum Gasteiger partial charge on any atom is -0.425 e. The van der Waals surface area contributed by atoms with Crippen molar-refractivity contribution in [2.75, 3.05) is 0 Å². The molecule has 0 radical (unpaired) electrons. The van der Waals surface area contributed by atoms with Crippen LogP contribution in [0.1, 0.15) is 81.9 Å². The molecular weight excluding hydrogens is 445 g/mol. The standard InChI is InChI=1S/C31H35F3O/c1-3-5-6-7-8-9-10-12-24-17-20-27-26-19-18-25(23-15-13-22(11-4-2)14-16-23)21-28(26)31(33,34)35-30(27)29(24)32/h13-21H,3-12H2,1-2H3. The van der Waals surface area contributed by atoms with Crippen LogP contribution in [0.25, 0.3) is 22.3 Å². The van der Waals surface area contributed by atoms with E-state index in [0.29, 0.717) is 28.7 Å². The van der Waals surface area contributed by atoms with E-state index >= 15 is 13.2 Å². The van der Waals surface area contributed by atoms with Gasteiger partial charge in [0.1, 0.15) is 0 Å². The van der Waals surface area contributed by atoms with Gasteiger partial charge in [-0.2, -0.15) is 8.78 Å². The summed E-state index contributed by atoms with van der Waals surface area (Å²) in [5.41, 5.74) is 3.71. The van der Waals surface area contributed by atoms with Crippen molar-refractivity contribution in [1.82, 2.24) is 0 Å². The highest BCUT2D eigenvalue weighted by atomic mass is 19.3. The molecule has 0 fully saturated rings. The molecule has 0 saturated carbocycles. The maximum Gasteiger partial charge on any atom is 0.427 e. The number of benzene rings is 3. The Morgan fingerprint density at radius 2 is 1.34 bits per heavy atom. The number of rotatable bonds is 11. The van der Waals surface area contributed by atoms with Crippen molar-refractivity contribution < 1.29 is 17.9 Å². The zero-order valence-corrected chi connectivity index (χ0v) is 20.8. The molecule has 0 unspecified atom stereocenters. The van der Waals surface area contributed by atoms with Gasteiger partial charge in [0.2, 0.25) is 0 Å². The van der Waals surface area contributed by atoms with Crippen LogP contribution in [0, 0.1) is 5.82 Å². The summed E-state index contributed by atoms with van der Waals surface area (Å²) in [7, 11) is 0. The maximum absolute atomic E-state index is 15.3. The highest BCUT2D eigenvalue weighted by Gasteiger charge is 2.43. The summed E-state index contributed by atoms with van der Waals surface area (Å²) >= 11 is 0. The normalized spacial score (nSPS) is 13.7. The predicted molar refractivity (Wildman–Crippen MR) is 137 cm³/mol. The fourth-order valence-corrected chi connectivity index (χ4v) is 4.91. The van der Waals surface area contributed by atoms with Crippen molar-refractivity contribution >= 4 is 0 Å². The molecule has 1 aliphatic rings. The topological polar surface area (TPSA) is 9.23 Å². The molecule has 1 heterocycles. The summed E-state index contributed by atoms with van der Waals surface area (Å²) < 4.78 is 50.5. The number of aryl methyl sites for hydroxylation is 2. The minimum absolute atomic E-state index is 0.223. The summed E-state index contributed by atoms with van der Waals surface area (Å²) in [6, 6.07) is 16.4. The van der Waals surface area contributed by atoms with Gasteiger partial charge in [-0.15, -0.1) is 0 Å². The summed E-state index contributed by atoms with van der Waals surface area (Å²) in [6.45, 7) is 4.31. The Balaban J connectivity index is 1.54. The van der Waals surface area contributed by atoms with Crippen LogP contribution in [0.15, 0.2) is 54.6 Å². The summed E-state index contributed by atoms with van der Waals surface area (Å²) in [5, 5.41) is 0. The van der Waals surface area contributed by atoms with E-state index in [1.807, 2.05) is 30.3 Å². The Morgan fingerprint density at radius 1 is 0.686 bits per heavy atom. The smallest absolute Gasteiger partial charge is 0.425 e. The number of hydrogen-bond acceptors (Lipinski definition) is 1. The lowest BCUT2D eigenvalue weighted by molar-refractivity contribution is -0.188. The Morgan fingerprint density at radius 3 is 2.06 bits per heavy atom. The van der Waals surface area contributed by atoms with Crippen LogP contribution in [-0.4, -0.2) is 0 Å². The molecule has 0 aliphatic carbocycles. The van der Waals surface area contributed by atoms with E-state index in [4.69, 9.17) is 4.74 Å². The van der Waals surface area contributed by atoms with E-state index in [1.54, 1.807) is 18.2 Å². The number of halogens is 3. The second-order valence-electron chi connectivity index (χ2n) is 9.61. The quantitative estimate of drug-likeness (QED) is 0.248. The van der Waals surface area contributed by atoms with Crippen molar-refractivity contribution in [2.45, 2.75) is 84.2 Å². The Labute approximate surface area is 207 Å². The molecule has 0 saturated heterocycles. The van der Waals surface area contributed by atoms with Crippen molar-refractivity contribution in [3.8, 4) is 28.0 Å². The van der Waals surface area contributed by atoms with Crippen LogP contribution in [0.3, 0.4) is 0 Å². The fourth-order valence-electron chi connectivity index (χ4n) is 4.91. The lowest BCUT2D eigenvalue weighted by Crippen LogP contribution is -2.27. The van der Waals surface area contributed by atoms with Crippen molar-refractivity contribution in [1.29, 1.82) is 0 Å². The van der Waals surface area contributed by atoms with Gasteiger partial charge in [0.05, 0.1) is 5.56 Å². The molecule has 0 N–H and O–H groups in total. The van der Waals surface area contributed by atoms with Gasteiger partial charge < -0.3 is 4.74 Å². The molecule has 0 amide bonds. The van der Waals surface area contributed by atoms with Gasteiger partial charge in [-0.05, 0) is 53.1 Å². The van der Waals surface area contributed by atoms with Crippen LogP contribution in [0.4, 0.5) is 13.2 Å². The maximum atomic E-state index is 15.3. The van der Waals surface area contributed by atoms with Gasteiger partial charge in [-0.1, -0.05) is 107 Å². The first-order valence-electron chi connectivity index (χ1n) is 13.1. The number of ether oxygens (including phenoxy) is 1. The van der Waals surface area contributed by atoms with E-state index in [0.717, 1.165) is 37.7 Å². The number of fused-ring (bicyclic) bond motifs is 3. The third-order valence-corrected chi connectivity index (χ3v) is 6.91. The van der Waals surface area contributed by atoms with Gasteiger partial charge >= 0.3 is 6.11 Å². The third kappa shape index (κ3) is 5.74. The van der Waals surface area contributed by atoms with Crippen molar-refractivity contribution in [3.63, 3.8) is 0 Å². The molecular formula is C31H35F3O. The van der Waals surface area contributed by atoms with Gasteiger partial charge in [0.25, 0.3) is 0 Å². The molecule has 1 nitrogen and oxygen atoms in total. The number of unbranched alkanes of at least 4 members (excludes halogenated alkanes) is 6. The largest absolute Gasteiger partial charge is 0.427 e. The Hall–Kier alpha value is -2.75. The van der Waals surface area contributed by atoms with Crippen molar-refractivity contribution in [2.24, 2.45) is 0 Å². The molecule has 1 aliphatic heterocycles. The SMILES string of the molecule is CCCCCCCCCc1ccc2c(c1F)OC(F)(F)c1cc(-c3ccc(CCC)cc3)ccc1-2. The highest BCUT2D eigenvalue weighted by Crippen LogP contribution is 2.49. The third-order valence-electron chi connectivity index (χ3n) is 6.91. The average Bonchev–Trinajstić information content (AvgIpc) is 2.85. The molecule has 3 aromatic carbocycles. The first-order valence-corrected chi connectivity index (χ1v) is 13.1.